The first kappa shape index (κ1) is 30.1. The van der Waals surface area contributed by atoms with E-state index in [1.165, 1.54) is 17.8 Å². The first-order valence-corrected chi connectivity index (χ1v) is 15.8. The smallest absolute Gasteiger partial charge is 0.296 e. The molecule has 0 bridgehead atoms. The van der Waals surface area contributed by atoms with E-state index in [1.54, 1.807) is 18.2 Å². The Labute approximate surface area is 253 Å². The largest absolute Gasteiger partial charge is 0.461 e. The molecule has 4 aromatic rings. The van der Waals surface area contributed by atoms with E-state index in [1.807, 2.05) is 49.4 Å². The van der Waals surface area contributed by atoms with Crippen molar-refractivity contribution >= 4 is 26.7 Å². The van der Waals surface area contributed by atoms with E-state index in [2.05, 4.69) is 43.0 Å². The van der Waals surface area contributed by atoms with Gasteiger partial charge in [-0.25, -0.2) is 4.98 Å². The van der Waals surface area contributed by atoms with Crippen LogP contribution in [0, 0.1) is 6.92 Å². The van der Waals surface area contributed by atoms with Crippen LogP contribution in [0.4, 0.5) is 5.69 Å². The highest BCUT2D eigenvalue weighted by molar-refractivity contribution is 7.86. The van der Waals surface area contributed by atoms with Gasteiger partial charge in [-0.15, -0.1) is 0 Å². The number of pyridine rings is 1. The number of ether oxygens (including phenoxy) is 3. The molecule has 8 nitrogen and oxygen atoms in total. The summed E-state index contributed by atoms with van der Waals surface area (Å²) in [7, 11) is -3.93. The van der Waals surface area contributed by atoms with Gasteiger partial charge in [0.2, 0.25) is 6.29 Å². The number of aromatic nitrogens is 1. The monoisotopic (exact) mass is 600 g/mol. The molecule has 43 heavy (non-hydrogen) atoms. The summed E-state index contributed by atoms with van der Waals surface area (Å²) in [5.74, 6) is 0.802. The Bertz CT molecular complexity index is 1700. The number of fused-ring (bicyclic) bond motifs is 1. The summed E-state index contributed by atoms with van der Waals surface area (Å²) in [6.45, 7) is 8.31. The van der Waals surface area contributed by atoms with E-state index >= 15 is 0 Å². The van der Waals surface area contributed by atoms with E-state index in [0.29, 0.717) is 12.4 Å². The zero-order chi connectivity index (χ0) is 30.2. The fourth-order valence-corrected chi connectivity index (χ4v) is 5.59. The Hall–Kier alpha value is -4.34. The fraction of sp³-hybridized carbons (Fsp3) is 0.265. The second kappa shape index (κ2) is 13.8. The van der Waals surface area contributed by atoms with Crippen LogP contribution in [0.25, 0.3) is 22.2 Å². The van der Waals surface area contributed by atoms with Crippen molar-refractivity contribution in [2.75, 3.05) is 31.2 Å². The standard InChI is InChI=1S/C34H36N2O6S/c1-4-36(5-2)28-15-11-26(12-16-28)31-20-14-27-13-17-29(24-32(27)35-31)41-34(42-33-8-6-7-22-39-33)21-23-40-43(37,38)30-18-9-25(3)10-19-30/h6-20,24,34H,4-5,21-23H2,1-3H3. The van der Waals surface area contributed by atoms with Gasteiger partial charge in [-0.3, -0.25) is 4.18 Å². The minimum absolute atomic E-state index is 0.0963. The molecule has 5 rings (SSSR count). The Morgan fingerprint density at radius 3 is 2.37 bits per heavy atom. The molecule has 0 radical (unpaired) electrons. The summed E-state index contributed by atoms with van der Waals surface area (Å²) in [6, 6.07) is 24.6. The number of aryl methyl sites for hydroxylation is 1. The van der Waals surface area contributed by atoms with Crippen LogP contribution in [0.15, 0.2) is 108 Å². The molecule has 0 spiro atoms. The van der Waals surface area contributed by atoms with Crippen LogP contribution >= 0.6 is 0 Å². The van der Waals surface area contributed by atoms with Crippen molar-refractivity contribution < 1.29 is 26.8 Å². The third-order valence-corrected chi connectivity index (χ3v) is 8.39. The number of hydrogen-bond acceptors (Lipinski definition) is 8. The molecule has 1 aromatic heterocycles. The SMILES string of the molecule is CCN(CC)c1ccc(-c2ccc3ccc(OC(CCOS(=O)(=O)c4ccc(C)cc4)OC4=CC=CCO4)cc3n2)cc1. The van der Waals surface area contributed by atoms with E-state index < -0.39 is 16.4 Å². The van der Waals surface area contributed by atoms with Gasteiger partial charge in [-0.1, -0.05) is 42.0 Å². The molecule has 2 heterocycles. The van der Waals surface area contributed by atoms with Crippen LogP contribution in [-0.2, 0) is 23.8 Å². The number of nitrogens with zero attached hydrogens (tertiary/aromatic N) is 2. The van der Waals surface area contributed by atoms with Crippen LogP contribution in [-0.4, -0.2) is 46.0 Å². The maximum Gasteiger partial charge on any atom is 0.296 e. The van der Waals surface area contributed by atoms with Crippen molar-refractivity contribution in [2.24, 2.45) is 0 Å². The Balaban J connectivity index is 1.32. The van der Waals surface area contributed by atoms with Crippen LogP contribution in [0.5, 0.6) is 5.75 Å². The maximum atomic E-state index is 12.7. The third kappa shape index (κ3) is 7.74. The molecule has 3 aromatic carbocycles. The lowest BCUT2D eigenvalue weighted by Crippen LogP contribution is -2.24. The van der Waals surface area contributed by atoms with Crippen LogP contribution in [0.3, 0.4) is 0 Å². The summed E-state index contributed by atoms with van der Waals surface area (Å²) in [6.07, 6.45) is 4.61. The molecule has 0 N–H and O–H groups in total. The number of allylic oxidation sites excluding steroid dienone is 2. The Kier molecular flexibility index (Phi) is 9.64. The molecule has 224 valence electrons. The van der Waals surface area contributed by atoms with Crippen LogP contribution in [0.1, 0.15) is 25.8 Å². The highest BCUT2D eigenvalue weighted by Gasteiger charge is 2.20. The van der Waals surface area contributed by atoms with Gasteiger partial charge in [0.25, 0.3) is 16.1 Å². The summed E-state index contributed by atoms with van der Waals surface area (Å²) in [5.41, 5.74) is 4.77. The second-order valence-corrected chi connectivity index (χ2v) is 11.7. The lowest BCUT2D eigenvalue weighted by Gasteiger charge is -2.22. The molecule has 0 saturated heterocycles. The summed E-state index contributed by atoms with van der Waals surface area (Å²) >= 11 is 0. The van der Waals surface area contributed by atoms with E-state index in [0.717, 1.165) is 40.8 Å². The molecule has 0 fully saturated rings. The van der Waals surface area contributed by atoms with E-state index in [9.17, 15) is 8.42 Å². The molecule has 0 amide bonds. The third-order valence-electron chi connectivity index (χ3n) is 7.06. The molecule has 0 aliphatic carbocycles. The van der Waals surface area contributed by atoms with Crippen LogP contribution in [0.2, 0.25) is 0 Å². The topological polar surface area (TPSA) is 87.2 Å². The van der Waals surface area contributed by atoms with Crippen molar-refractivity contribution in [1.29, 1.82) is 0 Å². The molecule has 1 unspecified atom stereocenters. The van der Waals surface area contributed by atoms with Gasteiger partial charge in [-0.2, -0.15) is 8.42 Å². The fourth-order valence-electron chi connectivity index (χ4n) is 4.67. The molecular weight excluding hydrogens is 564 g/mol. The molecule has 9 heteroatoms. The van der Waals surface area contributed by atoms with Crippen molar-refractivity contribution in [3.8, 4) is 17.0 Å². The van der Waals surface area contributed by atoms with E-state index in [-0.39, 0.29) is 23.9 Å². The Morgan fingerprint density at radius 2 is 1.67 bits per heavy atom. The Morgan fingerprint density at radius 1 is 0.930 bits per heavy atom. The van der Waals surface area contributed by atoms with Crippen molar-refractivity contribution in [3.63, 3.8) is 0 Å². The number of anilines is 1. The lowest BCUT2D eigenvalue weighted by molar-refractivity contribution is -0.103. The maximum absolute atomic E-state index is 12.7. The van der Waals surface area contributed by atoms with Gasteiger partial charge in [0, 0.05) is 48.3 Å². The zero-order valence-corrected chi connectivity index (χ0v) is 25.4. The highest BCUT2D eigenvalue weighted by Crippen LogP contribution is 2.27. The molecule has 1 aliphatic heterocycles. The molecule has 0 saturated carbocycles. The van der Waals surface area contributed by atoms with Gasteiger partial charge < -0.3 is 19.1 Å². The quantitative estimate of drug-likeness (QED) is 0.120. The molecular formula is C34H36N2O6S. The summed E-state index contributed by atoms with van der Waals surface area (Å²) in [4.78, 5) is 7.29. The number of rotatable bonds is 13. The predicted octanol–water partition coefficient (Wildman–Crippen LogP) is 7.00. The second-order valence-electron chi connectivity index (χ2n) is 10.0. The summed E-state index contributed by atoms with van der Waals surface area (Å²) in [5, 5.41) is 0.962. The summed E-state index contributed by atoms with van der Waals surface area (Å²) < 4.78 is 48.4. The van der Waals surface area contributed by atoms with Gasteiger partial charge in [0.05, 0.1) is 22.7 Å². The minimum Gasteiger partial charge on any atom is -0.461 e. The van der Waals surface area contributed by atoms with Gasteiger partial charge in [-0.05, 0) is 69.3 Å². The number of benzene rings is 3. The predicted molar refractivity (Wildman–Crippen MR) is 168 cm³/mol. The average molecular weight is 601 g/mol. The zero-order valence-electron chi connectivity index (χ0n) is 24.6. The molecule has 1 atom stereocenters. The first-order valence-electron chi connectivity index (χ1n) is 14.4. The van der Waals surface area contributed by atoms with Gasteiger partial charge >= 0.3 is 0 Å². The van der Waals surface area contributed by atoms with Gasteiger partial charge in [0.15, 0.2) is 0 Å². The number of hydrogen-bond donors (Lipinski definition) is 0. The lowest BCUT2D eigenvalue weighted by atomic mass is 10.1. The van der Waals surface area contributed by atoms with Crippen molar-refractivity contribution in [3.05, 3.63) is 109 Å². The van der Waals surface area contributed by atoms with E-state index in [4.69, 9.17) is 23.4 Å². The average Bonchev–Trinajstić information content (AvgIpc) is 3.02. The first-order chi connectivity index (χ1) is 20.8. The minimum atomic E-state index is -3.93. The highest BCUT2D eigenvalue weighted by atomic mass is 32.2. The van der Waals surface area contributed by atoms with Gasteiger partial charge in [0.1, 0.15) is 12.4 Å². The normalized spacial score (nSPS) is 13.7. The van der Waals surface area contributed by atoms with Crippen molar-refractivity contribution in [2.45, 2.75) is 38.4 Å². The van der Waals surface area contributed by atoms with Crippen molar-refractivity contribution in [1.82, 2.24) is 4.98 Å². The molecule has 1 aliphatic rings. The van der Waals surface area contributed by atoms with Crippen LogP contribution < -0.4 is 9.64 Å².